The third kappa shape index (κ3) is 11.3. The van der Waals surface area contributed by atoms with E-state index >= 15 is 0 Å². The van der Waals surface area contributed by atoms with Crippen LogP contribution < -0.4 is 31.1 Å². The summed E-state index contributed by atoms with van der Waals surface area (Å²) in [6.45, 7) is 7.63. The van der Waals surface area contributed by atoms with Gasteiger partial charge >= 0.3 is 0 Å². The quantitative estimate of drug-likeness (QED) is 0.142. The minimum atomic E-state index is -1.14. The maximum atomic E-state index is 13.2. The number of nitrogens with zero attached hydrogens (tertiary/aromatic N) is 2. The molecule has 4 aliphatic heterocycles. The molecular weight excluding hydrogens is 996 g/mol. The lowest BCUT2D eigenvalue weighted by Crippen LogP contribution is -2.57. The van der Waals surface area contributed by atoms with E-state index in [1.807, 2.05) is 38.1 Å². The molecule has 0 spiro atoms. The minimum Gasteiger partial charge on any atom is -0.379 e. The van der Waals surface area contributed by atoms with Crippen LogP contribution in [0.25, 0.3) is 0 Å². The zero-order chi connectivity index (χ0) is 45.4. The van der Waals surface area contributed by atoms with Crippen LogP contribution in [0.15, 0.2) is 68.2 Å². The van der Waals surface area contributed by atoms with Gasteiger partial charge in [-0.3, -0.25) is 28.8 Å². The number of anilines is 4. The van der Waals surface area contributed by atoms with Crippen LogP contribution in [-0.2, 0) is 38.1 Å². The Hall–Kier alpha value is -4.54. The Morgan fingerprint density at radius 1 is 0.578 bits per heavy atom. The molecule has 0 unspecified atom stereocenters. The fourth-order valence-electron chi connectivity index (χ4n) is 7.67. The number of benzene rings is 2. The summed E-state index contributed by atoms with van der Waals surface area (Å²) in [6, 6.07) is 17.9. The maximum absolute atomic E-state index is 13.2. The highest BCUT2D eigenvalue weighted by atomic mass is 79.9. The predicted molar refractivity (Wildman–Crippen MR) is 250 cm³/mol. The first kappa shape index (κ1) is 47.4. The number of ether oxygens (including phenoxy) is 4. The molecule has 4 N–H and O–H groups in total. The molecule has 0 aliphatic carbocycles. The zero-order valence-corrected chi connectivity index (χ0v) is 40.0. The molecule has 2 aromatic heterocycles. The summed E-state index contributed by atoms with van der Waals surface area (Å²) in [4.78, 5) is 81.1. The molecule has 4 saturated heterocycles. The molecule has 0 saturated carbocycles. The van der Waals surface area contributed by atoms with Crippen molar-refractivity contribution in [1.82, 2.24) is 10.6 Å². The number of rotatable bonds is 10. The summed E-state index contributed by atoms with van der Waals surface area (Å²) in [5, 5.41) is 11.6. The molecule has 2 aromatic carbocycles. The van der Waals surface area contributed by atoms with Gasteiger partial charge in [0.05, 0.1) is 69.8 Å². The number of nitrogens with one attached hydrogen (secondary N) is 4. The molecule has 4 aromatic rings. The number of thiophene rings is 2. The number of aryl methyl sites for hydroxylation is 2. The van der Waals surface area contributed by atoms with Crippen molar-refractivity contribution >= 4 is 113 Å². The van der Waals surface area contributed by atoms with E-state index in [0.29, 0.717) is 99.5 Å². The van der Waals surface area contributed by atoms with E-state index < -0.39 is 11.1 Å². The Balaban J connectivity index is 0.000000191. The summed E-state index contributed by atoms with van der Waals surface area (Å²) in [5.74, 6) is -1.24. The van der Waals surface area contributed by atoms with E-state index in [9.17, 15) is 28.8 Å². The molecule has 0 bridgehead atoms. The van der Waals surface area contributed by atoms with Crippen molar-refractivity contribution in [1.29, 1.82) is 0 Å². The van der Waals surface area contributed by atoms with Crippen LogP contribution in [0.4, 0.5) is 22.7 Å². The van der Waals surface area contributed by atoms with Gasteiger partial charge in [0.25, 0.3) is 23.6 Å². The fourth-order valence-corrected chi connectivity index (χ4v) is 10.2. The van der Waals surface area contributed by atoms with Gasteiger partial charge in [-0.25, -0.2) is 0 Å². The van der Waals surface area contributed by atoms with E-state index in [4.69, 9.17) is 18.9 Å². The first-order valence-corrected chi connectivity index (χ1v) is 23.9. The third-order valence-electron chi connectivity index (χ3n) is 11.1. The van der Waals surface area contributed by atoms with Crippen LogP contribution in [0, 0.1) is 13.8 Å². The van der Waals surface area contributed by atoms with Crippen LogP contribution in [0.2, 0.25) is 0 Å². The second-order valence-electron chi connectivity index (χ2n) is 15.6. The van der Waals surface area contributed by atoms with Crippen molar-refractivity contribution in [2.45, 2.75) is 50.6 Å². The molecule has 8 rings (SSSR count). The molecule has 2 atom stereocenters. The first-order chi connectivity index (χ1) is 30.8. The van der Waals surface area contributed by atoms with E-state index in [1.54, 1.807) is 46.2 Å². The standard InChI is InChI=1S/2C22H24BrN3O5S/c2*1-14-12-15(2-3-16(14)26-8-11-30-9-6-19(26)27)24-21(29)22(7-10-31-13-22)25-20(28)17-4-5-18(23)32-17/h2*2-5,12H,6-11,13H2,1H3,(H,24,29)(H,25,28)/t2*22-/m10/s1. The van der Waals surface area contributed by atoms with Crippen LogP contribution in [0.5, 0.6) is 0 Å². The number of amides is 6. The Morgan fingerprint density at radius 2 is 1.00 bits per heavy atom. The molecule has 0 radical (unpaired) electrons. The number of hydrogen-bond acceptors (Lipinski definition) is 12. The normalized spacial score (nSPS) is 21.3. The van der Waals surface area contributed by atoms with E-state index in [-0.39, 0.29) is 48.7 Å². The molecular formula is C44H48Br2N6O10S2. The van der Waals surface area contributed by atoms with Gasteiger partial charge in [0.15, 0.2) is 0 Å². The average Bonchev–Trinajstić information content (AvgIpc) is 4.08. The van der Waals surface area contributed by atoms with Gasteiger partial charge in [-0.2, -0.15) is 0 Å². The second-order valence-corrected chi connectivity index (χ2v) is 20.5. The van der Waals surface area contributed by atoms with Crippen LogP contribution >= 0.6 is 54.5 Å². The van der Waals surface area contributed by atoms with Gasteiger partial charge in [-0.15, -0.1) is 22.7 Å². The number of carbonyl (C=O) groups is 6. The Bertz CT molecular complexity index is 2230. The van der Waals surface area contributed by atoms with Gasteiger partial charge in [0.1, 0.15) is 11.1 Å². The molecule has 16 nitrogen and oxygen atoms in total. The largest absolute Gasteiger partial charge is 0.379 e. The molecule has 6 heterocycles. The summed E-state index contributed by atoms with van der Waals surface area (Å²) >= 11 is 9.31. The predicted octanol–water partition coefficient (Wildman–Crippen LogP) is 6.20. The molecule has 6 amide bonds. The highest BCUT2D eigenvalue weighted by molar-refractivity contribution is 9.11. The molecule has 4 fully saturated rings. The molecule has 64 heavy (non-hydrogen) atoms. The minimum absolute atomic E-state index is 0.0207. The Morgan fingerprint density at radius 3 is 1.34 bits per heavy atom. The van der Waals surface area contributed by atoms with Gasteiger partial charge < -0.3 is 50.0 Å². The van der Waals surface area contributed by atoms with Crippen molar-refractivity contribution in [3.05, 3.63) is 89.1 Å². The van der Waals surface area contributed by atoms with Crippen molar-refractivity contribution < 1.29 is 47.7 Å². The monoisotopic (exact) mass is 1040 g/mol. The summed E-state index contributed by atoms with van der Waals surface area (Å²) < 4.78 is 23.4. The molecule has 20 heteroatoms. The zero-order valence-electron chi connectivity index (χ0n) is 35.2. The second kappa shape index (κ2) is 21.2. The lowest BCUT2D eigenvalue weighted by molar-refractivity contribution is -0.122. The average molecular weight is 1040 g/mol. The van der Waals surface area contributed by atoms with Crippen LogP contribution in [0.1, 0.15) is 56.2 Å². The topological polar surface area (TPSA) is 194 Å². The lowest BCUT2D eigenvalue weighted by atomic mass is 9.96. The van der Waals surface area contributed by atoms with Crippen LogP contribution in [-0.4, -0.2) is 112 Å². The van der Waals surface area contributed by atoms with E-state index in [1.165, 1.54) is 22.7 Å². The lowest BCUT2D eigenvalue weighted by Gasteiger charge is -2.28. The third-order valence-corrected chi connectivity index (χ3v) is 14.4. The van der Waals surface area contributed by atoms with Gasteiger partial charge in [-0.05, 0) is 117 Å². The molecule has 340 valence electrons. The van der Waals surface area contributed by atoms with Crippen LogP contribution in [0.3, 0.4) is 0 Å². The highest BCUT2D eigenvalue weighted by Crippen LogP contribution is 2.31. The molecule has 4 aliphatic rings. The maximum Gasteiger partial charge on any atom is 0.262 e. The van der Waals surface area contributed by atoms with E-state index in [2.05, 4.69) is 53.1 Å². The first-order valence-electron chi connectivity index (χ1n) is 20.7. The Kier molecular flexibility index (Phi) is 15.7. The van der Waals surface area contributed by atoms with E-state index in [0.717, 1.165) is 30.1 Å². The van der Waals surface area contributed by atoms with Crippen molar-refractivity contribution in [2.75, 3.05) is 86.4 Å². The number of carbonyl (C=O) groups excluding carboxylic acids is 6. The van der Waals surface area contributed by atoms with Crippen molar-refractivity contribution in [3.63, 3.8) is 0 Å². The van der Waals surface area contributed by atoms with Gasteiger partial charge in [-0.1, -0.05) is 0 Å². The number of hydrogen-bond donors (Lipinski definition) is 4. The summed E-state index contributed by atoms with van der Waals surface area (Å²) in [7, 11) is 0. The highest BCUT2D eigenvalue weighted by Gasteiger charge is 2.45. The SMILES string of the molecule is Cc1cc(NC(=O)[C@@]2(NC(=O)c3ccc(Br)s3)CCOC2)ccc1N1CCOCCC1=O.Cc1cc(NC(=O)[C@]2(NC(=O)c3ccc(Br)s3)CCOC2)ccc1N1CCOCCC1=O. The van der Waals surface area contributed by atoms with Gasteiger partial charge in [0.2, 0.25) is 11.8 Å². The smallest absolute Gasteiger partial charge is 0.262 e. The van der Waals surface area contributed by atoms with Gasteiger partial charge in [0, 0.05) is 61.9 Å². The van der Waals surface area contributed by atoms with Crippen molar-refractivity contribution in [2.24, 2.45) is 0 Å². The summed E-state index contributed by atoms with van der Waals surface area (Å²) in [6.07, 6.45) is 1.47. The Labute approximate surface area is 395 Å². The van der Waals surface area contributed by atoms with Crippen molar-refractivity contribution in [3.8, 4) is 0 Å². The number of halogens is 2. The summed E-state index contributed by atoms with van der Waals surface area (Å²) in [5.41, 5.74) is 2.23. The fraction of sp³-hybridized carbons (Fsp3) is 0.409.